The van der Waals surface area contributed by atoms with Crippen LogP contribution >= 0.6 is 0 Å². The third-order valence-corrected chi connectivity index (χ3v) is 7.32. The first-order valence-electron chi connectivity index (χ1n) is 11.3. The van der Waals surface area contributed by atoms with Crippen molar-refractivity contribution in [1.29, 1.82) is 0 Å². The van der Waals surface area contributed by atoms with Crippen LogP contribution in [0.1, 0.15) is 29.6 Å². The fourth-order valence-corrected chi connectivity index (χ4v) is 4.92. The van der Waals surface area contributed by atoms with Crippen LogP contribution in [0.25, 0.3) is 33.1 Å². The molecular weight excluding hydrogens is 416 g/mol. The average Bonchev–Trinajstić information content (AvgIpc) is 3.62. The lowest BCUT2D eigenvalue weighted by molar-refractivity contribution is 0.00976. The summed E-state index contributed by atoms with van der Waals surface area (Å²) in [5.74, 6) is -0.0831. The molecular formula is C26H24N4O3. The van der Waals surface area contributed by atoms with Crippen LogP contribution in [0.5, 0.6) is 0 Å². The summed E-state index contributed by atoms with van der Waals surface area (Å²) in [6.07, 6.45) is 6.01. The summed E-state index contributed by atoms with van der Waals surface area (Å²) in [7, 11) is 1.73. The zero-order chi connectivity index (χ0) is 22.7. The van der Waals surface area contributed by atoms with Crippen molar-refractivity contribution < 1.29 is 9.90 Å². The minimum atomic E-state index is -0.438. The number of piperidine rings is 1. The lowest BCUT2D eigenvalue weighted by atomic mass is 9.90. The molecule has 33 heavy (non-hydrogen) atoms. The molecule has 3 heterocycles. The van der Waals surface area contributed by atoms with Gasteiger partial charge in [0.2, 0.25) is 0 Å². The maximum Gasteiger partial charge on any atom is 0.258 e. The molecule has 2 aromatic heterocycles. The first-order valence-corrected chi connectivity index (χ1v) is 11.3. The highest BCUT2D eigenvalue weighted by atomic mass is 16.3. The van der Waals surface area contributed by atoms with Crippen molar-refractivity contribution in [2.24, 2.45) is 12.5 Å². The van der Waals surface area contributed by atoms with Crippen LogP contribution in [0.2, 0.25) is 0 Å². The van der Waals surface area contributed by atoms with Gasteiger partial charge in [-0.25, -0.2) is 4.98 Å². The molecule has 4 aromatic rings. The number of aliphatic hydroxyl groups is 1. The van der Waals surface area contributed by atoms with E-state index in [2.05, 4.69) is 4.98 Å². The molecule has 166 valence electrons. The number of benzene rings is 2. The van der Waals surface area contributed by atoms with Gasteiger partial charge in [-0.1, -0.05) is 6.07 Å². The number of hydrogen-bond donors (Lipinski definition) is 1. The molecule has 2 aromatic carbocycles. The SMILES string of the molecule is Cn1ccc2cc(-c3cnc4ccc(C(=O)N5CCC6(CC6)[C@H](O)C5)cc4n3)ccc2c1=O. The molecule has 2 fully saturated rings. The first kappa shape index (κ1) is 20.1. The summed E-state index contributed by atoms with van der Waals surface area (Å²) in [5.41, 5.74) is 3.45. The second-order valence-electron chi connectivity index (χ2n) is 9.37. The summed E-state index contributed by atoms with van der Waals surface area (Å²) < 4.78 is 1.56. The number of aliphatic hydroxyl groups excluding tert-OH is 1. The Morgan fingerprint density at radius 3 is 2.73 bits per heavy atom. The average molecular weight is 441 g/mol. The van der Waals surface area contributed by atoms with Gasteiger partial charge in [0.15, 0.2) is 0 Å². The van der Waals surface area contributed by atoms with Gasteiger partial charge in [-0.05, 0) is 66.5 Å². The Balaban J connectivity index is 1.33. The zero-order valence-electron chi connectivity index (χ0n) is 18.4. The van der Waals surface area contributed by atoms with Crippen LogP contribution in [0.15, 0.2) is 59.7 Å². The second kappa shape index (κ2) is 7.22. The molecule has 1 atom stereocenters. The minimum Gasteiger partial charge on any atom is -0.391 e. The van der Waals surface area contributed by atoms with Crippen LogP contribution in [0, 0.1) is 5.41 Å². The van der Waals surface area contributed by atoms with Crippen molar-refractivity contribution in [2.45, 2.75) is 25.4 Å². The van der Waals surface area contributed by atoms with E-state index in [1.165, 1.54) is 0 Å². The van der Waals surface area contributed by atoms with Crippen LogP contribution < -0.4 is 5.56 Å². The fraction of sp³-hybridized carbons (Fsp3) is 0.308. The van der Waals surface area contributed by atoms with E-state index in [0.29, 0.717) is 40.8 Å². The Morgan fingerprint density at radius 1 is 1.09 bits per heavy atom. The Hall–Kier alpha value is -3.58. The van der Waals surface area contributed by atoms with Gasteiger partial charge in [0.25, 0.3) is 11.5 Å². The first-order chi connectivity index (χ1) is 15.9. The third kappa shape index (κ3) is 3.31. The molecule has 1 aliphatic carbocycles. The number of pyridine rings is 1. The quantitative estimate of drug-likeness (QED) is 0.517. The summed E-state index contributed by atoms with van der Waals surface area (Å²) >= 11 is 0. The number of nitrogens with zero attached hydrogens (tertiary/aromatic N) is 4. The molecule has 1 amide bonds. The molecule has 0 unspecified atom stereocenters. The van der Waals surface area contributed by atoms with Crippen molar-refractivity contribution >= 4 is 27.7 Å². The van der Waals surface area contributed by atoms with Crippen LogP contribution in [-0.2, 0) is 7.05 Å². The predicted octanol–water partition coefficient (Wildman–Crippen LogP) is 3.14. The van der Waals surface area contributed by atoms with Gasteiger partial charge in [0, 0.05) is 42.8 Å². The van der Waals surface area contributed by atoms with Crippen molar-refractivity contribution in [3.63, 3.8) is 0 Å². The Kier molecular flexibility index (Phi) is 4.39. The lowest BCUT2D eigenvalue weighted by Crippen LogP contribution is -2.47. The highest BCUT2D eigenvalue weighted by molar-refractivity contribution is 5.97. The number of amides is 1. The molecule has 0 bridgehead atoms. The number of carbonyl (C=O) groups is 1. The van der Waals surface area contributed by atoms with Crippen molar-refractivity contribution in [3.8, 4) is 11.3 Å². The molecule has 1 saturated carbocycles. The van der Waals surface area contributed by atoms with Crippen molar-refractivity contribution in [1.82, 2.24) is 19.4 Å². The summed E-state index contributed by atoms with van der Waals surface area (Å²) in [6, 6.07) is 12.9. The molecule has 1 N–H and O–H groups in total. The minimum absolute atomic E-state index is 0.0396. The number of carbonyl (C=O) groups excluding carboxylic acids is 1. The third-order valence-electron chi connectivity index (χ3n) is 7.32. The number of aryl methyl sites for hydroxylation is 1. The molecule has 7 nitrogen and oxygen atoms in total. The van der Waals surface area contributed by atoms with Gasteiger partial charge in [0.05, 0.1) is 29.0 Å². The number of fused-ring (bicyclic) bond motifs is 2. The van der Waals surface area contributed by atoms with E-state index in [4.69, 9.17) is 4.98 Å². The number of hydrogen-bond acceptors (Lipinski definition) is 5. The summed E-state index contributed by atoms with van der Waals surface area (Å²) in [6.45, 7) is 1.06. The van der Waals surface area contributed by atoms with Gasteiger partial charge in [-0.3, -0.25) is 14.6 Å². The van der Waals surface area contributed by atoms with Crippen molar-refractivity contribution in [2.75, 3.05) is 13.1 Å². The van der Waals surface area contributed by atoms with Gasteiger partial charge >= 0.3 is 0 Å². The molecule has 1 aliphatic heterocycles. The molecule has 0 radical (unpaired) electrons. The normalized spacial score (nSPS) is 19.3. The van der Waals surface area contributed by atoms with E-state index in [1.807, 2.05) is 30.3 Å². The van der Waals surface area contributed by atoms with Gasteiger partial charge in [-0.2, -0.15) is 0 Å². The number of likely N-dealkylation sites (tertiary alicyclic amines) is 1. The van der Waals surface area contributed by atoms with Crippen LogP contribution in [0.4, 0.5) is 0 Å². The molecule has 7 heteroatoms. The van der Waals surface area contributed by atoms with E-state index >= 15 is 0 Å². The monoisotopic (exact) mass is 440 g/mol. The van der Waals surface area contributed by atoms with Gasteiger partial charge < -0.3 is 14.6 Å². The number of β-amino-alcohol motifs (C(OH)–C–C–N with tert-alkyl or cyclic N) is 1. The topological polar surface area (TPSA) is 88.3 Å². The molecule has 1 spiro atoms. The van der Waals surface area contributed by atoms with Crippen LogP contribution in [-0.4, -0.2) is 49.6 Å². The second-order valence-corrected chi connectivity index (χ2v) is 9.37. The summed E-state index contributed by atoms with van der Waals surface area (Å²) in [5, 5.41) is 12.0. The van der Waals surface area contributed by atoms with Gasteiger partial charge in [-0.15, -0.1) is 0 Å². The Labute approximate surface area is 190 Å². The van der Waals surface area contributed by atoms with Gasteiger partial charge in [0.1, 0.15) is 0 Å². The Morgan fingerprint density at radius 2 is 1.94 bits per heavy atom. The lowest BCUT2D eigenvalue weighted by Gasteiger charge is -2.36. The Bertz CT molecular complexity index is 1490. The zero-order valence-corrected chi connectivity index (χ0v) is 18.4. The molecule has 1 saturated heterocycles. The number of rotatable bonds is 2. The predicted molar refractivity (Wildman–Crippen MR) is 126 cm³/mol. The highest BCUT2D eigenvalue weighted by Gasteiger charge is 2.51. The maximum absolute atomic E-state index is 13.1. The highest BCUT2D eigenvalue weighted by Crippen LogP contribution is 2.53. The van der Waals surface area contributed by atoms with E-state index in [-0.39, 0.29) is 16.9 Å². The van der Waals surface area contributed by atoms with E-state index < -0.39 is 6.10 Å². The molecule has 6 rings (SSSR count). The number of aromatic nitrogens is 3. The largest absolute Gasteiger partial charge is 0.391 e. The van der Waals surface area contributed by atoms with E-state index in [9.17, 15) is 14.7 Å². The smallest absolute Gasteiger partial charge is 0.258 e. The van der Waals surface area contributed by atoms with Crippen LogP contribution in [0.3, 0.4) is 0 Å². The standard InChI is InChI=1S/C26H24N4O3/c1-29-10-6-16-12-17(2-4-19(16)25(29)33)22-14-27-20-5-3-18(13-21(20)28-22)24(32)30-11-9-26(7-8-26)23(31)15-30/h2-6,10,12-14,23,31H,7-9,11,15H2,1H3/t23-/m1/s1. The van der Waals surface area contributed by atoms with E-state index in [0.717, 1.165) is 30.2 Å². The van der Waals surface area contributed by atoms with Crippen molar-refractivity contribution in [3.05, 3.63) is 70.8 Å². The maximum atomic E-state index is 13.1. The molecule has 2 aliphatic rings. The fourth-order valence-electron chi connectivity index (χ4n) is 4.92. The van der Waals surface area contributed by atoms with E-state index in [1.54, 1.807) is 41.0 Å². The summed E-state index contributed by atoms with van der Waals surface area (Å²) in [4.78, 5) is 36.5.